The van der Waals surface area contributed by atoms with Gasteiger partial charge in [-0.2, -0.15) is 0 Å². The van der Waals surface area contributed by atoms with Crippen molar-refractivity contribution in [2.24, 2.45) is 0 Å². The molecular formula is C11H11IO2. The molecule has 0 aromatic heterocycles. The minimum Gasteiger partial charge on any atom is -0.497 e. The van der Waals surface area contributed by atoms with Gasteiger partial charge < -0.3 is 9.47 Å². The lowest BCUT2D eigenvalue weighted by Crippen LogP contribution is -1.88. The highest BCUT2D eigenvalue weighted by molar-refractivity contribution is 14.1. The molecule has 1 saturated heterocycles. The van der Waals surface area contributed by atoms with Gasteiger partial charge in [-0.05, 0) is 40.3 Å². The van der Waals surface area contributed by atoms with Crippen LogP contribution in [0, 0.1) is 0 Å². The lowest BCUT2D eigenvalue weighted by molar-refractivity contribution is 0.392. The molecule has 1 aliphatic heterocycles. The van der Waals surface area contributed by atoms with Gasteiger partial charge in [0, 0.05) is 3.58 Å². The summed E-state index contributed by atoms with van der Waals surface area (Å²) in [5, 5.41) is 0. The van der Waals surface area contributed by atoms with E-state index in [0.717, 1.165) is 9.33 Å². The fourth-order valence-corrected chi connectivity index (χ4v) is 1.87. The zero-order chi connectivity index (χ0) is 10.1. The molecule has 74 valence electrons. The van der Waals surface area contributed by atoms with Crippen molar-refractivity contribution in [1.82, 2.24) is 0 Å². The Hall–Kier alpha value is -0.550. The molecular weight excluding hydrogens is 291 g/mol. The standard InChI is InChI=1S/C11H11IO2/c1-7(12)10-11(14-10)8-3-5-9(13-2)6-4-8/h3-6,10-11H,1H2,2H3/t10-,11+/m1/s1. The van der Waals surface area contributed by atoms with Crippen LogP contribution >= 0.6 is 22.6 Å². The first-order valence-corrected chi connectivity index (χ1v) is 5.44. The van der Waals surface area contributed by atoms with Crippen molar-refractivity contribution in [3.05, 3.63) is 40.0 Å². The van der Waals surface area contributed by atoms with Crippen molar-refractivity contribution in [2.45, 2.75) is 12.2 Å². The van der Waals surface area contributed by atoms with E-state index >= 15 is 0 Å². The molecule has 0 saturated carbocycles. The molecule has 1 aromatic rings. The predicted molar refractivity (Wildman–Crippen MR) is 63.8 cm³/mol. The van der Waals surface area contributed by atoms with Crippen molar-refractivity contribution >= 4 is 22.6 Å². The van der Waals surface area contributed by atoms with Crippen molar-refractivity contribution in [1.29, 1.82) is 0 Å². The predicted octanol–water partition coefficient (Wildman–Crippen LogP) is 3.08. The summed E-state index contributed by atoms with van der Waals surface area (Å²) in [6.45, 7) is 3.86. The topological polar surface area (TPSA) is 21.8 Å². The number of methoxy groups -OCH3 is 1. The third-order valence-electron chi connectivity index (χ3n) is 2.24. The summed E-state index contributed by atoms with van der Waals surface area (Å²) in [4.78, 5) is 0. The third kappa shape index (κ3) is 1.93. The minimum absolute atomic E-state index is 0.198. The molecule has 0 aliphatic carbocycles. The number of rotatable bonds is 3. The molecule has 0 amide bonds. The van der Waals surface area contributed by atoms with Gasteiger partial charge in [0.05, 0.1) is 7.11 Å². The zero-order valence-electron chi connectivity index (χ0n) is 7.87. The lowest BCUT2D eigenvalue weighted by atomic mass is 10.1. The lowest BCUT2D eigenvalue weighted by Gasteiger charge is -2.00. The first-order chi connectivity index (χ1) is 6.72. The van der Waals surface area contributed by atoms with Gasteiger partial charge in [0.2, 0.25) is 0 Å². The number of epoxide rings is 1. The Labute approximate surface area is 97.0 Å². The van der Waals surface area contributed by atoms with Gasteiger partial charge in [0.25, 0.3) is 0 Å². The Balaban J connectivity index is 2.08. The van der Waals surface area contributed by atoms with E-state index in [1.165, 1.54) is 5.56 Å². The minimum atomic E-state index is 0.198. The van der Waals surface area contributed by atoms with Gasteiger partial charge in [-0.25, -0.2) is 0 Å². The third-order valence-corrected chi connectivity index (χ3v) is 2.86. The SMILES string of the molecule is C=C(I)[C@H]1O[C@H]1c1ccc(OC)cc1. The molecule has 1 aliphatic rings. The Morgan fingerprint density at radius 1 is 1.43 bits per heavy atom. The number of hydrogen-bond donors (Lipinski definition) is 0. The molecule has 2 nitrogen and oxygen atoms in total. The second kappa shape index (κ2) is 3.90. The van der Waals surface area contributed by atoms with E-state index < -0.39 is 0 Å². The number of hydrogen-bond acceptors (Lipinski definition) is 2. The van der Waals surface area contributed by atoms with Crippen LogP contribution in [0.5, 0.6) is 5.75 Å². The first-order valence-electron chi connectivity index (χ1n) is 4.36. The Kier molecular flexibility index (Phi) is 2.78. The van der Waals surface area contributed by atoms with Crippen LogP contribution in [0.4, 0.5) is 0 Å². The van der Waals surface area contributed by atoms with Crippen LogP contribution in [0.3, 0.4) is 0 Å². The zero-order valence-corrected chi connectivity index (χ0v) is 10.0. The Morgan fingerprint density at radius 2 is 2.07 bits per heavy atom. The van der Waals surface area contributed by atoms with Gasteiger partial charge in [0.1, 0.15) is 18.0 Å². The average Bonchev–Trinajstić information content (AvgIpc) is 2.97. The van der Waals surface area contributed by atoms with Crippen LogP contribution in [0.1, 0.15) is 11.7 Å². The van der Waals surface area contributed by atoms with Crippen LogP contribution in [0.15, 0.2) is 34.4 Å². The average molecular weight is 302 g/mol. The Bertz CT molecular complexity index is 345. The Morgan fingerprint density at radius 3 is 2.50 bits per heavy atom. The monoisotopic (exact) mass is 302 g/mol. The van der Waals surface area contributed by atoms with Crippen molar-refractivity contribution < 1.29 is 9.47 Å². The van der Waals surface area contributed by atoms with Gasteiger partial charge >= 0.3 is 0 Å². The second-order valence-electron chi connectivity index (χ2n) is 3.20. The maximum atomic E-state index is 5.49. The van der Waals surface area contributed by atoms with Gasteiger partial charge in [-0.15, -0.1) is 0 Å². The quantitative estimate of drug-likeness (QED) is 0.632. The molecule has 3 heteroatoms. The van der Waals surface area contributed by atoms with E-state index in [1.54, 1.807) is 7.11 Å². The summed E-state index contributed by atoms with van der Waals surface area (Å²) in [5.74, 6) is 0.874. The number of halogens is 1. The van der Waals surface area contributed by atoms with Crippen molar-refractivity contribution in [2.75, 3.05) is 7.11 Å². The van der Waals surface area contributed by atoms with E-state index in [1.807, 2.05) is 24.3 Å². The van der Waals surface area contributed by atoms with Crippen LogP contribution in [-0.4, -0.2) is 13.2 Å². The highest BCUT2D eigenvalue weighted by atomic mass is 127. The van der Waals surface area contributed by atoms with Crippen LogP contribution in [0.2, 0.25) is 0 Å². The molecule has 2 rings (SSSR count). The highest BCUT2D eigenvalue weighted by Gasteiger charge is 2.41. The van der Waals surface area contributed by atoms with Crippen molar-refractivity contribution in [3.63, 3.8) is 0 Å². The fourth-order valence-electron chi connectivity index (χ4n) is 1.40. The maximum absolute atomic E-state index is 5.49. The van der Waals surface area contributed by atoms with E-state index in [9.17, 15) is 0 Å². The molecule has 1 heterocycles. The molecule has 2 atom stereocenters. The van der Waals surface area contributed by atoms with Crippen LogP contribution in [-0.2, 0) is 4.74 Å². The molecule has 1 fully saturated rings. The highest BCUT2D eigenvalue weighted by Crippen LogP contribution is 2.44. The maximum Gasteiger partial charge on any atom is 0.119 e. The smallest absolute Gasteiger partial charge is 0.119 e. The molecule has 0 spiro atoms. The van der Waals surface area contributed by atoms with E-state index in [-0.39, 0.29) is 12.2 Å². The van der Waals surface area contributed by atoms with Crippen molar-refractivity contribution in [3.8, 4) is 5.75 Å². The summed E-state index contributed by atoms with van der Waals surface area (Å²) in [6.07, 6.45) is 0.398. The number of benzene rings is 1. The van der Waals surface area contributed by atoms with Gasteiger partial charge in [-0.1, -0.05) is 18.7 Å². The fraction of sp³-hybridized carbons (Fsp3) is 0.273. The molecule has 1 aromatic carbocycles. The first kappa shape index (κ1) is 9.98. The second-order valence-corrected chi connectivity index (χ2v) is 4.58. The molecule has 0 radical (unpaired) electrons. The molecule has 14 heavy (non-hydrogen) atoms. The largest absolute Gasteiger partial charge is 0.497 e. The summed E-state index contributed by atoms with van der Waals surface area (Å²) < 4.78 is 11.6. The number of ether oxygens (including phenoxy) is 2. The summed E-state index contributed by atoms with van der Waals surface area (Å²) in [7, 11) is 1.66. The van der Waals surface area contributed by atoms with E-state index in [4.69, 9.17) is 9.47 Å². The summed E-state index contributed by atoms with van der Waals surface area (Å²) >= 11 is 2.21. The van der Waals surface area contributed by atoms with Crippen LogP contribution in [0.25, 0.3) is 0 Å². The normalized spacial score (nSPS) is 24.4. The van der Waals surface area contributed by atoms with Crippen LogP contribution < -0.4 is 4.74 Å². The summed E-state index contributed by atoms with van der Waals surface area (Å²) in [5.41, 5.74) is 1.19. The molecule has 0 unspecified atom stereocenters. The summed E-state index contributed by atoms with van der Waals surface area (Å²) in [6, 6.07) is 7.96. The van der Waals surface area contributed by atoms with Gasteiger partial charge in [0.15, 0.2) is 0 Å². The van der Waals surface area contributed by atoms with E-state index in [2.05, 4.69) is 29.2 Å². The molecule has 0 N–H and O–H groups in total. The van der Waals surface area contributed by atoms with E-state index in [0.29, 0.717) is 0 Å². The van der Waals surface area contributed by atoms with Gasteiger partial charge in [-0.3, -0.25) is 0 Å². The molecule has 0 bridgehead atoms.